The van der Waals surface area contributed by atoms with Crippen LogP contribution in [0.15, 0.2) is 63.8 Å². The smallest absolute Gasteiger partial charge is 0.417 e. The van der Waals surface area contributed by atoms with Crippen molar-refractivity contribution in [2.75, 3.05) is 4.90 Å². The maximum absolute atomic E-state index is 12.6. The van der Waals surface area contributed by atoms with Gasteiger partial charge in [-0.2, -0.15) is 0 Å². The van der Waals surface area contributed by atoms with Crippen molar-refractivity contribution in [3.05, 3.63) is 76.4 Å². The lowest BCUT2D eigenvalue weighted by molar-refractivity contribution is 0.0689. The molecule has 0 unspecified atom stereocenters. The summed E-state index contributed by atoms with van der Waals surface area (Å²) in [5, 5.41) is 9.25. The van der Waals surface area contributed by atoms with Gasteiger partial charge in [0.05, 0.1) is 17.3 Å². The predicted octanol–water partition coefficient (Wildman–Crippen LogP) is 3.87. The second-order valence-corrected chi connectivity index (χ2v) is 6.23. The van der Waals surface area contributed by atoms with Crippen molar-refractivity contribution in [3.63, 3.8) is 0 Å². The van der Waals surface area contributed by atoms with E-state index in [0.717, 1.165) is 10.5 Å². The number of halogens is 1. The third-order valence-electron chi connectivity index (χ3n) is 3.49. The first kappa shape index (κ1) is 18.6. The summed E-state index contributed by atoms with van der Waals surface area (Å²) in [6.07, 6.45) is 2.01. The minimum atomic E-state index is -1.25. The molecule has 3 aromatic rings. The van der Waals surface area contributed by atoms with Gasteiger partial charge in [-0.1, -0.05) is 30.3 Å². The zero-order valence-electron chi connectivity index (χ0n) is 13.9. The van der Waals surface area contributed by atoms with Crippen LogP contribution in [0.4, 0.5) is 10.7 Å². The van der Waals surface area contributed by atoms with Crippen molar-refractivity contribution in [3.8, 4) is 0 Å². The number of carbonyl (C=O) groups is 2. The standard InChI is InChI=1S/C18H14BrN3O5/c19-14-9-20-17(21-15(14)16(23)24)22(10-13-7-4-8-26-13)18(25)27-11-12-5-2-1-3-6-12/h1-9H,10-11H2,(H,23,24). The van der Waals surface area contributed by atoms with Gasteiger partial charge in [-0.3, -0.25) is 0 Å². The normalized spacial score (nSPS) is 10.4. The van der Waals surface area contributed by atoms with Crippen molar-refractivity contribution >= 4 is 33.9 Å². The molecule has 1 N–H and O–H groups in total. The van der Waals surface area contributed by atoms with Gasteiger partial charge in [0.25, 0.3) is 0 Å². The van der Waals surface area contributed by atoms with Crippen LogP contribution in [-0.4, -0.2) is 27.1 Å². The molecule has 2 aromatic heterocycles. The van der Waals surface area contributed by atoms with E-state index in [1.54, 1.807) is 12.1 Å². The summed E-state index contributed by atoms with van der Waals surface area (Å²) in [5.41, 5.74) is 0.548. The largest absolute Gasteiger partial charge is 0.476 e. The molecule has 1 aromatic carbocycles. The van der Waals surface area contributed by atoms with E-state index in [2.05, 4.69) is 25.9 Å². The zero-order valence-corrected chi connectivity index (χ0v) is 15.5. The van der Waals surface area contributed by atoms with E-state index in [-0.39, 0.29) is 29.3 Å². The number of nitrogens with zero attached hydrogens (tertiary/aromatic N) is 3. The number of furan rings is 1. The molecule has 0 aliphatic carbocycles. The van der Waals surface area contributed by atoms with Crippen molar-refractivity contribution < 1.29 is 23.8 Å². The van der Waals surface area contributed by atoms with Gasteiger partial charge in [0.1, 0.15) is 12.4 Å². The topological polar surface area (TPSA) is 106 Å². The van der Waals surface area contributed by atoms with E-state index < -0.39 is 12.1 Å². The Morgan fingerprint density at radius 2 is 1.96 bits per heavy atom. The molecule has 3 rings (SSSR count). The molecule has 8 nitrogen and oxygen atoms in total. The highest BCUT2D eigenvalue weighted by Crippen LogP contribution is 2.20. The third-order valence-corrected chi connectivity index (χ3v) is 4.08. The number of aromatic carboxylic acids is 1. The fourth-order valence-electron chi connectivity index (χ4n) is 2.21. The maximum Gasteiger partial charge on any atom is 0.417 e. The van der Waals surface area contributed by atoms with Crippen LogP contribution in [0.3, 0.4) is 0 Å². The molecule has 138 valence electrons. The molecular weight excluding hydrogens is 418 g/mol. The Hall–Kier alpha value is -3.20. The lowest BCUT2D eigenvalue weighted by atomic mass is 10.2. The molecule has 0 radical (unpaired) electrons. The lowest BCUT2D eigenvalue weighted by Crippen LogP contribution is -2.32. The van der Waals surface area contributed by atoms with Gasteiger partial charge in [0.15, 0.2) is 5.69 Å². The highest BCUT2D eigenvalue weighted by Gasteiger charge is 2.24. The minimum Gasteiger partial charge on any atom is -0.476 e. The van der Waals surface area contributed by atoms with Crippen molar-refractivity contribution in [2.24, 2.45) is 0 Å². The fraction of sp³-hybridized carbons (Fsp3) is 0.111. The Balaban J connectivity index is 1.85. The summed E-state index contributed by atoms with van der Waals surface area (Å²) in [7, 11) is 0. The molecule has 0 bridgehead atoms. The fourth-order valence-corrected chi connectivity index (χ4v) is 2.57. The number of carbonyl (C=O) groups excluding carboxylic acids is 1. The lowest BCUT2D eigenvalue weighted by Gasteiger charge is -2.19. The van der Waals surface area contributed by atoms with Crippen LogP contribution in [0.2, 0.25) is 0 Å². The van der Waals surface area contributed by atoms with Crippen LogP contribution in [0.1, 0.15) is 21.8 Å². The van der Waals surface area contributed by atoms with Crippen LogP contribution in [0, 0.1) is 0 Å². The highest BCUT2D eigenvalue weighted by atomic mass is 79.9. The number of carboxylic acid groups (broad SMARTS) is 1. The van der Waals surface area contributed by atoms with Crippen LogP contribution >= 0.6 is 15.9 Å². The van der Waals surface area contributed by atoms with Gasteiger partial charge < -0.3 is 14.3 Å². The minimum absolute atomic E-state index is 0.0126. The Bertz CT molecular complexity index is 931. The molecule has 0 aliphatic rings. The molecule has 0 saturated heterocycles. The molecule has 9 heteroatoms. The summed E-state index contributed by atoms with van der Waals surface area (Å²) in [4.78, 5) is 33.1. The first-order valence-corrected chi connectivity index (χ1v) is 8.60. The first-order valence-electron chi connectivity index (χ1n) is 7.81. The number of anilines is 1. The number of hydrogen-bond donors (Lipinski definition) is 1. The maximum atomic E-state index is 12.6. The Kier molecular flexibility index (Phi) is 5.82. The second-order valence-electron chi connectivity index (χ2n) is 5.38. The van der Waals surface area contributed by atoms with Crippen molar-refractivity contribution in [1.29, 1.82) is 0 Å². The van der Waals surface area contributed by atoms with Gasteiger partial charge in [0.2, 0.25) is 5.95 Å². The van der Waals surface area contributed by atoms with E-state index >= 15 is 0 Å². The van der Waals surface area contributed by atoms with Crippen LogP contribution < -0.4 is 4.90 Å². The van der Waals surface area contributed by atoms with Crippen molar-refractivity contribution in [1.82, 2.24) is 9.97 Å². The van der Waals surface area contributed by atoms with Gasteiger partial charge >= 0.3 is 12.1 Å². The van der Waals surface area contributed by atoms with E-state index in [0.29, 0.717) is 5.76 Å². The third kappa shape index (κ3) is 4.70. The van der Waals surface area contributed by atoms with Gasteiger partial charge in [0, 0.05) is 6.20 Å². The molecule has 1 amide bonds. The molecule has 2 heterocycles. The zero-order chi connectivity index (χ0) is 19.2. The number of aromatic nitrogens is 2. The van der Waals surface area contributed by atoms with Gasteiger partial charge in [-0.25, -0.2) is 24.5 Å². The average molecular weight is 432 g/mol. The Labute approximate surface area is 162 Å². The number of ether oxygens (including phenoxy) is 1. The average Bonchev–Trinajstić information content (AvgIpc) is 3.19. The second kappa shape index (κ2) is 8.45. The monoisotopic (exact) mass is 431 g/mol. The summed E-state index contributed by atoms with van der Waals surface area (Å²) in [6.45, 7) is 0.0396. The number of hydrogen-bond acceptors (Lipinski definition) is 6. The molecule has 0 fully saturated rings. The molecule has 0 spiro atoms. The summed E-state index contributed by atoms with van der Waals surface area (Å²) < 4.78 is 10.8. The Morgan fingerprint density at radius 3 is 2.63 bits per heavy atom. The number of rotatable bonds is 6. The predicted molar refractivity (Wildman–Crippen MR) is 98.2 cm³/mol. The molecule has 0 aliphatic heterocycles. The van der Waals surface area contributed by atoms with E-state index in [1.807, 2.05) is 30.3 Å². The molecule has 0 atom stereocenters. The number of amides is 1. The first-order chi connectivity index (χ1) is 13.0. The van der Waals surface area contributed by atoms with Crippen LogP contribution in [0.5, 0.6) is 0 Å². The summed E-state index contributed by atoms with van der Waals surface area (Å²) >= 11 is 3.08. The Morgan fingerprint density at radius 1 is 1.19 bits per heavy atom. The number of benzene rings is 1. The molecule has 27 heavy (non-hydrogen) atoms. The summed E-state index contributed by atoms with van der Waals surface area (Å²) in [6, 6.07) is 12.5. The van der Waals surface area contributed by atoms with Crippen LogP contribution in [-0.2, 0) is 17.9 Å². The van der Waals surface area contributed by atoms with Crippen molar-refractivity contribution in [2.45, 2.75) is 13.2 Å². The SMILES string of the molecule is O=C(O)c1nc(N(Cc2ccco2)C(=O)OCc2ccccc2)ncc1Br. The molecular formula is C18H14BrN3O5. The van der Waals surface area contributed by atoms with Gasteiger partial charge in [-0.15, -0.1) is 0 Å². The van der Waals surface area contributed by atoms with E-state index in [1.165, 1.54) is 12.5 Å². The summed E-state index contributed by atoms with van der Waals surface area (Å²) in [5.74, 6) is -0.888. The van der Waals surface area contributed by atoms with E-state index in [9.17, 15) is 14.7 Å². The highest BCUT2D eigenvalue weighted by molar-refractivity contribution is 9.10. The van der Waals surface area contributed by atoms with Gasteiger partial charge in [-0.05, 0) is 33.6 Å². The quantitative estimate of drug-likeness (QED) is 0.630. The molecule has 0 saturated carbocycles. The number of carboxylic acids is 1. The van der Waals surface area contributed by atoms with E-state index in [4.69, 9.17) is 9.15 Å². The van der Waals surface area contributed by atoms with Crippen LogP contribution in [0.25, 0.3) is 0 Å².